The van der Waals surface area contributed by atoms with Crippen LogP contribution < -0.4 is 15.0 Å². The third-order valence-corrected chi connectivity index (χ3v) is 6.83. The van der Waals surface area contributed by atoms with Gasteiger partial charge in [-0.3, -0.25) is 0 Å². The van der Waals surface area contributed by atoms with Crippen LogP contribution in [0.2, 0.25) is 5.02 Å². The molecule has 2 aliphatic rings. The van der Waals surface area contributed by atoms with Gasteiger partial charge in [0, 0.05) is 29.7 Å². The molecule has 1 aliphatic heterocycles. The summed E-state index contributed by atoms with van der Waals surface area (Å²) in [6.07, 6.45) is 2.31. The molecule has 0 unspecified atom stereocenters. The second-order valence-electron chi connectivity index (χ2n) is 9.02. The van der Waals surface area contributed by atoms with Crippen LogP contribution in [-0.4, -0.2) is 44.0 Å². The van der Waals surface area contributed by atoms with Crippen molar-refractivity contribution >= 4 is 23.6 Å². The molecule has 1 aliphatic carbocycles. The number of piperidine rings is 1. The lowest BCUT2D eigenvalue weighted by Gasteiger charge is -2.37. The van der Waals surface area contributed by atoms with Gasteiger partial charge in [0.1, 0.15) is 5.75 Å². The van der Waals surface area contributed by atoms with Crippen molar-refractivity contribution in [2.24, 2.45) is 11.8 Å². The van der Waals surface area contributed by atoms with E-state index in [-0.39, 0.29) is 6.04 Å². The van der Waals surface area contributed by atoms with Gasteiger partial charge in [-0.15, -0.1) is 5.10 Å². The van der Waals surface area contributed by atoms with Gasteiger partial charge in [0.25, 0.3) is 0 Å². The average Bonchev–Trinajstić information content (AvgIpc) is 3.42. The molecule has 3 heterocycles. The molecule has 10 heteroatoms. The van der Waals surface area contributed by atoms with Crippen LogP contribution in [0.5, 0.6) is 11.8 Å². The maximum absolute atomic E-state index is 6.26. The van der Waals surface area contributed by atoms with E-state index < -0.39 is 0 Å². The largest absolute Gasteiger partial charge is 0.424 e. The predicted octanol–water partition coefficient (Wildman–Crippen LogP) is 4.63. The fourth-order valence-corrected chi connectivity index (χ4v) is 4.92. The number of halogens is 1. The molecule has 1 saturated heterocycles. The van der Waals surface area contributed by atoms with Gasteiger partial charge < -0.3 is 19.5 Å². The minimum absolute atomic E-state index is 0.104. The number of hydrogen-bond acceptors (Lipinski definition) is 8. The molecular weight excluding hydrogens is 430 g/mol. The minimum Gasteiger partial charge on any atom is -0.424 e. The summed E-state index contributed by atoms with van der Waals surface area (Å²) in [5, 5.41) is 12.9. The van der Waals surface area contributed by atoms with Gasteiger partial charge >= 0.3 is 12.0 Å². The lowest BCUT2D eigenvalue weighted by Crippen LogP contribution is -2.48. The molecule has 1 saturated carbocycles. The number of anilines is 2. The number of fused-ring (bicyclic) bond motifs is 2. The van der Waals surface area contributed by atoms with Gasteiger partial charge in [0.05, 0.1) is 6.04 Å². The van der Waals surface area contributed by atoms with Gasteiger partial charge in [-0.25, -0.2) is 4.68 Å². The van der Waals surface area contributed by atoms with Crippen molar-refractivity contribution in [2.45, 2.75) is 52.6 Å². The fourth-order valence-electron chi connectivity index (χ4n) is 4.75. The van der Waals surface area contributed by atoms with E-state index in [9.17, 15) is 0 Å². The van der Waals surface area contributed by atoms with Crippen molar-refractivity contribution in [1.29, 1.82) is 0 Å². The zero-order chi connectivity index (χ0) is 22.4. The zero-order valence-electron chi connectivity index (χ0n) is 18.7. The number of aromatic nitrogens is 5. The van der Waals surface area contributed by atoms with Gasteiger partial charge in [-0.05, 0) is 64.5 Å². The SMILES string of the molecule is Cc1noc(N2C[C@H]3CC[C@@H](C2)[C@H]3Nc2nc(Oc3cccc(Cl)c3C)n(C(C)C)n2)n1. The minimum atomic E-state index is 0.104. The highest BCUT2D eigenvalue weighted by Crippen LogP contribution is 2.40. The second-order valence-corrected chi connectivity index (χ2v) is 9.43. The number of aryl methyl sites for hydroxylation is 1. The fraction of sp³-hybridized carbons (Fsp3) is 0.545. The molecule has 2 bridgehead atoms. The standard InChI is InChI=1S/C22H28ClN7O2/c1-12(2)30-22(31-18-7-5-6-17(23)13(18)3)26-20(27-30)25-19-15-8-9-16(19)11-29(10-15)21-24-14(4)28-32-21/h5-7,12,15-16,19H,8-11H2,1-4H3,(H,25,27)/t15-,16+,19+. The Bertz CT molecular complexity index is 1100. The molecule has 3 aromatic rings. The molecule has 5 rings (SSSR count). The first kappa shape index (κ1) is 21.1. The lowest BCUT2D eigenvalue weighted by atomic mass is 9.92. The smallest absolute Gasteiger partial charge is 0.324 e. The van der Waals surface area contributed by atoms with Crippen molar-refractivity contribution in [3.8, 4) is 11.8 Å². The molecule has 170 valence electrons. The van der Waals surface area contributed by atoms with Gasteiger partial charge in [-0.1, -0.05) is 22.8 Å². The quantitative estimate of drug-likeness (QED) is 0.572. The molecule has 1 N–H and O–H groups in total. The molecule has 9 nitrogen and oxygen atoms in total. The number of nitrogens with one attached hydrogen (secondary N) is 1. The summed E-state index contributed by atoms with van der Waals surface area (Å²) < 4.78 is 13.3. The number of rotatable bonds is 6. The van der Waals surface area contributed by atoms with E-state index in [2.05, 4.69) is 39.2 Å². The van der Waals surface area contributed by atoms with Crippen LogP contribution in [0, 0.1) is 25.7 Å². The van der Waals surface area contributed by atoms with Crippen LogP contribution in [-0.2, 0) is 0 Å². The van der Waals surface area contributed by atoms with Crippen molar-refractivity contribution in [2.75, 3.05) is 23.3 Å². The maximum Gasteiger partial charge on any atom is 0.324 e. The molecule has 3 atom stereocenters. The topological polar surface area (TPSA) is 94.1 Å². The van der Waals surface area contributed by atoms with Gasteiger partial charge in [-0.2, -0.15) is 9.97 Å². The predicted molar refractivity (Wildman–Crippen MR) is 122 cm³/mol. The molecule has 32 heavy (non-hydrogen) atoms. The summed E-state index contributed by atoms with van der Waals surface area (Å²) in [6.45, 7) is 9.66. The first-order valence-corrected chi connectivity index (χ1v) is 11.5. The van der Waals surface area contributed by atoms with Crippen LogP contribution in [0.15, 0.2) is 22.7 Å². The van der Waals surface area contributed by atoms with Crippen molar-refractivity contribution in [3.05, 3.63) is 34.6 Å². The van der Waals surface area contributed by atoms with Crippen LogP contribution in [0.4, 0.5) is 12.0 Å². The van der Waals surface area contributed by atoms with E-state index >= 15 is 0 Å². The van der Waals surface area contributed by atoms with E-state index in [4.69, 9.17) is 26.0 Å². The second kappa shape index (κ2) is 8.27. The summed E-state index contributed by atoms with van der Waals surface area (Å²) in [6, 6.07) is 7.10. The van der Waals surface area contributed by atoms with Crippen LogP contribution in [0.3, 0.4) is 0 Å². The Kier molecular flexibility index (Phi) is 5.44. The number of nitrogens with zero attached hydrogens (tertiary/aromatic N) is 6. The van der Waals surface area contributed by atoms with Gasteiger partial charge in [0.15, 0.2) is 5.82 Å². The highest BCUT2D eigenvalue weighted by molar-refractivity contribution is 6.31. The molecule has 2 aromatic heterocycles. The number of ether oxygens (including phenoxy) is 1. The summed E-state index contributed by atoms with van der Waals surface area (Å²) in [5.41, 5.74) is 0.878. The van der Waals surface area contributed by atoms with Crippen molar-refractivity contribution in [3.63, 3.8) is 0 Å². The average molecular weight is 458 g/mol. The summed E-state index contributed by atoms with van der Waals surface area (Å²) in [7, 11) is 0. The summed E-state index contributed by atoms with van der Waals surface area (Å²) in [4.78, 5) is 11.3. The first-order chi connectivity index (χ1) is 15.4. The van der Waals surface area contributed by atoms with E-state index in [1.165, 1.54) is 0 Å². The molecule has 0 spiro atoms. The molecule has 0 amide bonds. The molecule has 0 radical (unpaired) electrons. The van der Waals surface area contributed by atoms with Crippen LogP contribution in [0.25, 0.3) is 0 Å². The lowest BCUT2D eigenvalue weighted by molar-refractivity contribution is 0.340. The third kappa shape index (κ3) is 3.90. The van der Waals surface area contributed by atoms with Crippen molar-refractivity contribution < 1.29 is 9.26 Å². The Morgan fingerprint density at radius 2 is 1.91 bits per heavy atom. The number of hydrogen-bond donors (Lipinski definition) is 1. The van der Waals surface area contributed by atoms with Crippen LogP contribution in [0.1, 0.15) is 44.1 Å². The third-order valence-electron chi connectivity index (χ3n) is 6.43. The summed E-state index contributed by atoms with van der Waals surface area (Å²) in [5.74, 6) is 2.87. The Balaban J connectivity index is 1.34. The molecular formula is C22H28ClN7O2. The Morgan fingerprint density at radius 3 is 2.56 bits per heavy atom. The highest BCUT2D eigenvalue weighted by atomic mass is 35.5. The van der Waals surface area contributed by atoms with E-state index in [0.717, 1.165) is 31.5 Å². The Hall–Kier alpha value is -2.81. The summed E-state index contributed by atoms with van der Waals surface area (Å²) >= 11 is 6.26. The van der Waals surface area contributed by atoms with Crippen molar-refractivity contribution in [1.82, 2.24) is 24.9 Å². The zero-order valence-corrected chi connectivity index (χ0v) is 19.5. The Labute approximate surface area is 192 Å². The molecule has 2 fully saturated rings. The van der Waals surface area contributed by atoms with E-state index in [0.29, 0.717) is 52.4 Å². The maximum atomic E-state index is 6.26. The normalized spacial score (nSPS) is 22.6. The monoisotopic (exact) mass is 457 g/mol. The molecule has 1 aromatic carbocycles. The van der Waals surface area contributed by atoms with E-state index in [1.807, 2.05) is 32.0 Å². The highest BCUT2D eigenvalue weighted by Gasteiger charge is 2.43. The van der Waals surface area contributed by atoms with Gasteiger partial charge in [0.2, 0.25) is 5.95 Å². The van der Waals surface area contributed by atoms with Crippen LogP contribution >= 0.6 is 11.6 Å². The van der Waals surface area contributed by atoms with E-state index in [1.54, 1.807) is 4.68 Å². The number of benzene rings is 1. The Morgan fingerprint density at radius 1 is 1.16 bits per heavy atom. The first-order valence-electron chi connectivity index (χ1n) is 11.1.